The van der Waals surface area contributed by atoms with Crippen molar-refractivity contribution in [2.45, 2.75) is 18.9 Å². The highest BCUT2D eigenvalue weighted by molar-refractivity contribution is 5.83. The molecule has 0 saturated carbocycles. The van der Waals surface area contributed by atoms with E-state index in [1.165, 1.54) is 6.33 Å². The molecule has 1 atom stereocenters. The minimum absolute atomic E-state index is 0.281. The quantitative estimate of drug-likeness (QED) is 0.596. The van der Waals surface area contributed by atoms with Gasteiger partial charge in [-0.25, -0.2) is 9.97 Å². The van der Waals surface area contributed by atoms with Gasteiger partial charge in [0.15, 0.2) is 0 Å². The predicted octanol–water partition coefficient (Wildman–Crippen LogP) is 4.74. The first-order valence-electron chi connectivity index (χ1n) is 10.1. The average Bonchev–Trinajstić information content (AvgIpc) is 2.76. The molecule has 30 heavy (non-hydrogen) atoms. The molecule has 1 aliphatic rings. The Bertz CT molecular complexity index is 975. The number of likely N-dealkylation sites (tertiary alicyclic amines) is 1. The summed E-state index contributed by atoms with van der Waals surface area (Å²) in [5, 5.41) is 3.57. The smallest absolute Gasteiger partial charge is 0.139 e. The Balaban J connectivity index is 1.53. The third-order valence-corrected chi connectivity index (χ3v) is 5.11. The fourth-order valence-corrected chi connectivity index (χ4v) is 3.71. The van der Waals surface area contributed by atoms with Crippen LogP contribution in [0.25, 0.3) is 11.1 Å². The van der Waals surface area contributed by atoms with Crippen LogP contribution in [-0.2, 0) is 0 Å². The van der Waals surface area contributed by atoms with Crippen molar-refractivity contribution < 1.29 is 4.74 Å². The summed E-state index contributed by atoms with van der Waals surface area (Å²) < 4.78 is 5.89. The molecule has 1 aliphatic heterocycles. The third-order valence-electron chi connectivity index (χ3n) is 5.11. The normalized spacial score (nSPS) is 16.7. The van der Waals surface area contributed by atoms with E-state index in [4.69, 9.17) is 10.5 Å². The third kappa shape index (κ3) is 4.78. The summed E-state index contributed by atoms with van der Waals surface area (Å²) in [5.74, 6) is 2.77. The van der Waals surface area contributed by atoms with E-state index in [0.717, 1.165) is 54.4 Å². The number of hydrogen-bond donors (Lipinski definition) is 2. The van der Waals surface area contributed by atoms with Crippen molar-refractivity contribution >= 4 is 11.6 Å². The number of ether oxygens (including phenoxy) is 1. The maximum absolute atomic E-state index is 6.24. The van der Waals surface area contributed by atoms with Crippen molar-refractivity contribution in [3.8, 4) is 22.6 Å². The summed E-state index contributed by atoms with van der Waals surface area (Å²) in [6, 6.07) is 17.8. The molecule has 2 aromatic carbocycles. The van der Waals surface area contributed by atoms with Crippen molar-refractivity contribution in [1.29, 1.82) is 0 Å². The van der Waals surface area contributed by atoms with E-state index in [0.29, 0.717) is 5.82 Å². The van der Waals surface area contributed by atoms with Crippen LogP contribution >= 0.6 is 0 Å². The highest BCUT2D eigenvalue weighted by Gasteiger charge is 2.21. The van der Waals surface area contributed by atoms with Crippen LogP contribution < -0.4 is 15.8 Å². The summed E-state index contributed by atoms with van der Waals surface area (Å²) in [5.41, 5.74) is 8.00. The number of piperidine rings is 1. The monoisotopic (exact) mass is 400 g/mol. The van der Waals surface area contributed by atoms with Crippen molar-refractivity contribution in [3.63, 3.8) is 0 Å². The van der Waals surface area contributed by atoms with Gasteiger partial charge in [0.1, 0.15) is 29.5 Å². The van der Waals surface area contributed by atoms with Gasteiger partial charge < -0.3 is 15.8 Å². The van der Waals surface area contributed by atoms with Gasteiger partial charge in [0.2, 0.25) is 0 Å². The molecule has 0 bridgehead atoms. The average molecular weight is 401 g/mol. The number of aromatic nitrogens is 2. The van der Waals surface area contributed by atoms with Crippen molar-refractivity contribution in [2.75, 3.05) is 24.1 Å². The molecule has 2 heterocycles. The standard InChI is InChI=1S/C24H26N5O/c1-2-14-29-15-6-7-19(16-29)28-24-22(23(25)26-17-27-24)18-10-12-21(13-11-18)30-20-8-4-3-5-9-20/h2-5,8-14,17,19H,1,6-7,15-16H2,(H3,25,26,27,28)/t19-/m0/s1. The van der Waals surface area contributed by atoms with E-state index < -0.39 is 0 Å². The maximum atomic E-state index is 6.24. The highest BCUT2D eigenvalue weighted by Crippen LogP contribution is 2.33. The maximum Gasteiger partial charge on any atom is 0.139 e. The number of nitrogens with zero attached hydrogens (tertiary/aromatic N) is 3. The molecule has 6 heteroatoms. The van der Waals surface area contributed by atoms with Crippen LogP contribution in [-0.4, -0.2) is 34.0 Å². The van der Waals surface area contributed by atoms with Crippen LogP contribution in [0.5, 0.6) is 11.5 Å². The van der Waals surface area contributed by atoms with E-state index >= 15 is 0 Å². The molecule has 0 aliphatic carbocycles. The predicted molar refractivity (Wildman–Crippen MR) is 121 cm³/mol. The van der Waals surface area contributed by atoms with Crippen LogP contribution in [0, 0.1) is 6.54 Å². The number of benzene rings is 2. The number of hydrogen-bond acceptors (Lipinski definition) is 6. The minimum atomic E-state index is 0.281. The molecule has 1 fully saturated rings. The summed E-state index contributed by atoms with van der Waals surface area (Å²) in [6.07, 6.45) is 5.53. The van der Waals surface area contributed by atoms with Gasteiger partial charge in [-0.15, -0.1) is 6.58 Å². The van der Waals surface area contributed by atoms with E-state index in [-0.39, 0.29) is 6.04 Å². The lowest BCUT2D eigenvalue weighted by atomic mass is 10.0. The molecule has 0 spiro atoms. The molecule has 1 aromatic heterocycles. The van der Waals surface area contributed by atoms with Crippen molar-refractivity contribution in [3.05, 3.63) is 80.1 Å². The van der Waals surface area contributed by atoms with E-state index in [2.05, 4.69) is 26.8 Å². The molecule has 3 N–H and O–H groups in total. The van der Waals surface area contributed by atoms with Gasteiger partial charge in [0, 0.05) is 19.1 Å². The van der Waals surface area contributed by atoms with Gasteiger partial charge >= 0.3 is 0 Å². The number of anilines is 2. The minimum Gasteiger partial charge on any atom is -0.457 e. The van der Waals surface area contributed by atoms with Crippen LogP contribution in [0.1, 0.15) is 12.8 Å². The Kier molecular flexibility index (Phi) is 6.25. The lowest BCUT2D eigenvalue weighted by Crippen LogP contribution is -2.40. The van der Waals surface area contributed by atoms with Crippen LogP contribution in [0.3, 0.4) is 0 Å². The van der Waals surface area contributed by atoms with Gasteiger partial charge in [-0.2, -0.15) is 0 Å². The first kappa shape index (κ1) is 19.9. The molecular formula is C24H26N5O. The van der Waals surface area contributed by atoms with Crippen LogP contribution in [0.4, 0.5) is 11.6 Å². The van der Waals surface area contributed by atoms with E-state index in [9.17, 15) is 0 Å². The molecule has 1 saturated heterocycles. The van der Waals surface area contributed by atoms with Crippen molar-refractivity contribution in [1.82, 2.24) is 14.9 Å². The van der Waals surface area contributed by atoms with Gasteiger partial charge in [0.05, 0.1) is 5.56 Å². The lowest BCUT2D eigenvalue weighted by molar-refractivity contribution is 0.270. The molecule has 4 rings (SSSR count). The summed E-state index contributed by atoms with van der Waals surface area (Å²) in [6.45, 7) is 7.78. The molecule has 3 aromatic rings. The number of nitrogens with two attached hydrogens (primary N) is 1. The Morgan fingerprint density at radius 3 is 2.60 bits per heavy atom. The van der Waals surface area contributed by atoms with Gasteiger partial charge in [-0.3, -0.25) is 4.90 Å². The van der Waals surface area contributed by atoms with Gasteiger partial charge in [0.25, 0.3) is 0 Å². The second-order valence-electron chi connectivity index (χ2n) is 7.29. The fraction of sp³-hybridized carbons (Fsp3) is 0.208. The molecule has 0 unspecified atom stereocenters. The first-order valence-corrected chi connectivity index (χ1v) is 10.1. The van der Waals surface area contributed by atoms with Crippen LogP contribution in [0.2, 0.25) is 0 Å². The fourth-order valence-electron chi connectivity index (χ4n) is 3.71. The molecule has 6 nitrogen and oxygen atoms in total. The molecule has 1 radical (unpaired) electrons. The summed E-state index contributed by atoms with van der Waals surface area (Å²) >= 11 is 0. The summed E-state index contributed by atoms with van der Waals surface area (Å²) in [4.78, 5) is 11.0. The van der Waals surface area contributed by atoms with Crippen molar-refractivity contribution in [2.24, 2.45) is 0 Å². The second kappa shape index (κ2) is 9.41. The van der Waals surface area contributed by atoms with Crippen LogP contribution in [0.15, 0.2) is 73.6 Å². The first-order chi connectivity index (χ1) is 14.7. The van der Waals surface area contributed by atoms with E-state index in [1.54, 1.807) is 0 Å². The van der Waals surface area contributed by atoms with Gasteiger partial charge in [-0.05, 0) is 49.2 Å². The Morgan fingerprint density at radius 1 is 1.07 bits per heavy atom. The Labute approximate surface area is 177 Å². The lowest BCUT2D eigenvalue weighted by Gasteiger charge is -2.32. The molecular weight excluding hydrogens is 374 g/mol. The number of nitrogen functional groups attached to an aromatic ring is 1. The Hall–Kier alpha value is -3.38. The number of rotatable bonds is 7. The summed E-state index contributed by atoms with van der Waals surface area (Å²) in [7, 11) is 0. The highest BCUT2D eigenvalue weighted by atomic mass is 16.5. The zero-order valence-corrected chi connectivity index (χ0v) is 16.9. The SMILES string of the molecule is C=C[CH]N1CCC[C@H](Nc2ncnc(N)c2-c2ccc(Oc3ccccc3)cc2)C1. The molecule has 0 amide bonds. The second-order valence-corrected chi connectivity index (χ2v) is 7.29. The molecule has 153 valence electrons. The topological polar surface area (TPSA) is 76.3 Å². The largest absolute Gasteiger partial charge is 0.457 e. The van der Waals surface area contributed by atoms with Gasteiger partial charge in [-0.1, -0.05) is 36.4 Å². The number of nitrogens with one attached hydrogen (secondary N) is 1. The zero-order valence-electron chi connectivity index (χ0n) is 16.9. The zero-order chi connectivity index (χ0) is 20.8. The Morgan fingerprint density at radius 2 is 1.83 bits per heavy atom. The van der Waals surface area contributed by atoms with E-state index in [1.807, 2.05) is 67.2 Å². The number of para-hydroxylation sites is 1.